The van der Waals surface area contributed by atoms with Gasteiger partial charge in [-0.15, -0.1) is 0 Å². The van der Waals surface area contributed by atoms with E-state index < -0.39 is 0 Å². The molecule has 0 unspecified atom stereocenters. The summed E-state index contributed by atoms with van der Waals surface area (Å²) in [4.78, 5) is 44.8. The number of pyridine rings is 1. The van der Waals surface area contributed by atoms with E-state index in [1.54, 1.807) is 28.0 Å². The summed E-state index contributed by atoms with van der Waals surface area (Å²) < 4.78 is 5.15. The topological polar surface area (TPSA) is 95.8 Å². The van der Waals surface area contributed by atoms with Crippen LogP contribution in [0.25, 0.3) is 0 Å². The SMILES string of the molecule is CC(C)CCNC(=O)c1cncc(C(=O)N2CCN(C(=O)c3ccco3)CC2)c1. The van der Waals surface area contributed by atoms with Gasteiger partial charge in [0.1, 0.15) is 0 Å². The molecule has 0 aliphatic carbocycles. The molecule has 0 bridgehead atoms. The van der Waals surface area contributed by atoms with E-state index in [1.165, 1.54) is 18.7 Å². The number of nitrogens with one attached hydrogen (secondary N) is 1. The van der Waals surface area contributed by atoms with Gasteiger partial charge in [-0.1, -0.05) is 13.8 Å². The molecule has 0 aromatic carbocycles. The number of hydrogen-bond acceptors (Lipinski definition) is 5. The van der Waals surface area contributed by atoms with Gasteiger partial charge >= 0.3 is 0 Å². The Morgan fingerprint density at radius 1 is 1.07 bits per heavy atom. The predicted octanol–water partition coefficient (Wildman–Crippen LogP) is 2.05. The molecule has 3 heterocycles. The highest BCUT2D eigenvalue weighted by Crippen LogP contribution is 2.13. The molecule has 0 radical (unpaired) electrons. The normalized spacial score (nSPS) is 14.2. The lowest BCUT2D eigenvalue weighted by Crippen LogP contribution is -2.50. The zero-order valence-electron chi connectivity index (χ0n) is 16.8. The molecule has 0 atom stereocenters. The highest BCUT2D eigenvalue weighted by molar-refractivity contribution is 5.99. The summed E-state index contributed by atoms with van der Waals surface area (Å²) in [6, 6.07) is 4.87. The van der Waals surface area contributed by atoms with Crippen LogP contribution in [0.15, 0.2) is 41.3 Å². The molecule has 154 valence electrons. The standard InChI is InChI=1S/C21H26N4O4/c1-15(2)5-6-23-19(26)16-12-17(14-22-13-16)20(27)24-7-9-25(10-8-24)21(28)18-4-3-11-29-18/h3-4,11-15H,5-10H2,1-2H3,(H,23,26). The van der Waals surface area contributed by atoms with Gasteiger partial charge in [0.15, 0.2) is 5.76 Å². The number of carbonyl (C=O) groups is 3. The van der Waals surface area contributed by atoms with Crippen LogP contribution in [0.4, 0.5) is 0 Å². The van der Waals surface area contributed by atoms with E-state index in [0.29, 0.717) is 55.5 Å². The number of piperazine rings is 1. The van der Waals surface area contributed by atoms with Crippen LogP contribution in [0.5, 0.6) is 0 Å². The van der Waals surface area contributed by atoms with E-state index >= 15 is 0 Å². The van der Waals surface area contributed by atoms with Crippen molar-refractivity contribution in [3.63, 3.8) is 0 Å². The van der Waals surface area contributed by atoms with Crippen LogP contribution in [-0.4, -0.2) is 65.2 Å². The predicted molar refractivity (Wildman–Crippen MR) is 107 cm³/mol. The molecule has 3 amide bonds. The molecule has 1 aliphatic heterocycles. The Bertz CT molecular complexity index is 855. The molecule has 0 spiro atoms. The largest absolute Gasteiger partial charge is 0.459 e. The van der Waals surface area contributed by atoms with Crippen molar-refractivity contribution in [2.24, 2.45) is 5.92 Å². The van der Waals surface area contributed by atoms with Crippen molar-refractivity contribution in [1.82, 2.24) is 20.1 Å². The van der Waals surface area contributed by atoms with Crippen LogP contribution in [-0.2, 0) is 0 Å². The summed E-state index contributed by atoms with van der Waals surface area (Å²) in [5.41, 5.74) is 0.735. The fraction of sp³-hybridized carbons (Fsp3) is 0.429. The fourth-order valence-electron chi connectivity index (χ4n) is 3.11. The lowest BCUT2D eigenvalue weighted by atomic mass is 10.1. The minimum Gasteiger partial charge on any atom is -0.459 e. The first-order valence-corrected chi connectivity index (χ1v) is 9.81. The summed E-state index contributed by atoms with van der Waals surface area (Å²) in [7, 11) is 0. The van der Waals surface area contributed by atoms with Crippen molar-refractivity contribution >= 4 is 17.7 Å². The van der Waals surface area contributed by atoms with E-state index in [-0.39, 0.29) is 17.7 Å². The van der Waals surface area contributed by atoms with Crippen molar-refractivity contribution in [3.05, 3.63) is 53.7 Å². The molecule has 1 fully saturated rings. The maximum absolute atomic E-state index is 12.8. The minimum absolute atomic E-state index is 0.177. The van der Waals surface area contributed by atoms with Gasteiger partial charge in [-0.2, -0.15) is 0 Å². The first kappa shape index (κ1) is 20.6. The molecule has 1 saturated heterocycles. The average molecular weight is 398 g/mol. The highest BCUT2D eigenvalue weighted by Gasteiger charge is 2.27. The van der Waals surface area contributed by atoms with Gasteiger partial charge in [-0.25, -0.2) is 0 Å². The van der Waals surface area contributed by atoms with Gasteiger partial charge in [0.2, 0.25) is 0 Å². The number of rotatable bonds is 6. The monoisotopic (exact) mass is 398 g/mol. The average Bonchev–Trinajstić information content (AvgIpc) is 3.27. The van der Waals surface area contributed by atoms with Crippen molar-refractivity contribution < 1.29 is 18.8 Å². The maximum Gasteiger partial charge on any atom is 0.289 e. The van der Waals surface area contributed by atoms with E-state index in [4.69, 9.17) is 4.42 Å². The Labute approximate surface area is 169 Å². The van der Waals surface area contributed by atoms with Crippen LogP contribution in [0.1, 0.15) is 51.5 Å². The molecular weight excluding hydrogens is 372 g/mol. The van der Waals surface area contributed by atoms with Crippen LogP contribution in [0.3, 0.4) is 0 Å². The zero-order valence-corrected chi connectivity index (χ0v) is 16.8. The van der Waals surface area contributed by atoms with Gasteiger partial charge in [-0.3, -0.25) is 19.4 Å². The van der Waals surface area contributed by atoms with E-state index in [0.717, 1.165) is 6.42 Å². The number of nitrogens with zero attached hydrogens (tertiary/aromatic N) is 3. The lowest BCUT2D eigenvalue weighted by Gasteiger charge is -2.34. The lowest BCUT2D eigenvalue weighted by molar-refractivity contribution is 0.0518. The van der Waals surface area contributed by atoms with Crippen molar-refractivity contribution in [3.8, 4) is 0 Å². The maximum atomic E-state index is 12.8. The van der Waals surface area contributed by atoms with Crippen molar-refractivity contribution in [2.75, 3.05) is 32.7 Å². The molecule has 3 rings (SSSR count). The van der Waals surface area contributed by atoms with E-state index in [1.807, 2.05) is 0 Å². The minimum atomic E-state index is -0.235. The first-order chi connectivity index (χ1) is 14.0. The molecule has 1 aliphatic rings. The summed E-state index contributed by atoms with van der Waals surface area (Å²) >= 11 is 0. The number of furan rings is 1. The van der Waals surface area contributed by atoms with E-state index in [2.05, 4.69) is 24.1 Å². The van der Waals surface area contributed by atoms with Crippen LogP contribution >= 0.6 is 0 Å². The number of amides is 3. The Morgan fingerprint density at radius 3 is 2.34 bits per heavy atom. The third-order valence-electron chi connectivity index (χ3n) is 4.84. The van der Waals surface area contributed by atoms with Crippen LogP contribution in [0.2, 0.25) is 0 Å². The Hall–Kier alpha value is -3.16. The molecule has 8 nitrogen and oxygen atoms in total. The number of carbonyl (C=O) groups excluding carboxylic acids is 3. The van der Waals surface area contributed by atoms with Gasteiger partial charge in [-0.05, 0) is 30.5 Å². The summed E-state index contributed by atoms with van der Waals surface area (Å²) in [5, 5.41) is 2.85. The third-order valence-corrected chi connectivity index (χ3v) is 4.84. The second-order valence-corrected chi connectivity index (χ2v) is 7.46. The second-order valence-electron chi connectivity index (χ2n) is 7.46. The van der Waals surface area contributed by atoms with Gasteiger partial charge in [0, 0.05) is 45.1 Å². The molecule has 2 aromatic heterocycles. The fourth-order valence-corrected chi connectivity index (χ4v) is 3.11. The van der Waals surface area contributed by atoms with Crippen LogP contribution < -0.4 is 5.32 Å². The van der Waals surface area contributed by atoms with Gasteiger partial charge < -0.3 is 19.5 Å². The number of hydrogen-bond donors (Lipinski definition) is 1. The summed E-state index contributed by atoms with van der Waals surface area (Å²) in [6.45, 7) is 6.44. The zero-order chi connectivity index (χ0) is 20.8. The summed E-state index contributed by atoms with van der Waals surface area (Å²) in [5.74, 6) is 0.190. The number of aromatic nitrogens is 1. The molecular formula is C21H26N4O4. The molecule has 8 heteroatoms. The van der Waals surface area contributed by atoms with Crippen LogP contribution in [0, 0.1) is 5.92 Å². The third kappa shape index (κ3) is 5.22. The first-order valence-electron chi connectivity index (χ1n) is 9.81. The Morgan fingerprint density at radius 2 is 1.72 bits per heavy atom. The smallest absolute Gasteiger partial charge is 0.289 e. The molecule has 2 aromatic rings. The summed E-state index contributed by atoms with van der Waals surface area (Å²) in [6.07, 6.45) is 5.28. The van der Waals surface area contributed by atoms with E-state index in [9.17, 15) is 14.4 Å². The van der Waals surface area contributed by atoms with Crippen molar-refractivity contribution in [1.29, 1.82) is 0 Å². The van der Waals surface area contributed by atoms with Gasteiger partial charge in [0.05, 0.1) is 17.4 Å². The Kier molecular flexibility index (Phi) is 6.64. The molecule has 0 saturated carbocycles. The quantitative estimate of drug-likeness (QED) is 0.803. The highest BCUT2D eigenvalue weighted by atomic mass is 16.3. The Balaban J connectivity index is 1.57. The van der Waals surface area contributed by atoms with Crippen molar-refractivity contribution in [2.45, 2.75) is 20.3 Å². The molecule has 1 N–H and O–H groups in total. The van der Waals surface area contributed by atoms with Gasteiger partial charge in [0.25, 0.3) is 17.7 Å². The second kappa shape index (κ2) is 9.36. The molecule has 29 heavy (non-hydrogen) atoms.